The van der Waals surface area contributed by atoms with Crippen molar-refractivity contribution in [3.05, 3.63) is 63.7 Å². The molecular formula is C26H36N4O7S. The highest BCUT2D eigenvalue weighted by Crippen LogP contribution is 2.34. The molecule has 0 bridgehead atoms. The molecule has 1 N–H and O–H groups in total. The Bertz CT molecular complexity index is 1270. The van der Waals surface area contributed by atoms with Crippen molar-refractivity contribution < 1.29 is 27.7 Å². The number of nitrogens with one attached hydrogen (secondary N) is 1. The van der Waals surface area contributed by atoms with Crippen LogP contribution in [0.5, 0.6) is 5.75 Å². The predicted octanol–water partition coefficient (Wildman–Crippen LogP) is 3.40. The molecule has 2 unspecified atom stereocenters. The summed E-state index contributed by atoms with van der Waals surface area (Å²) in [6, 6.07) is 9.97. The quantitative estimate of drug-likeness (QED) is 0.299. The number of nitrogens with zero attached hydrogens (tertiary/aromatic N) is 3. The largest absolute Gasteiger partial charge is 0.495 e. The summed E-state index contributed by atoms with van der Waals surface area (Å²) >= 11 is 0. The van der Waals surface area contributed by atoms with Crippen LogP contribution in [0.25, 0.3) is 0 Å². The van der Waals surface area contributed by atoms with E-state index in [4.69, 9.17) is 4.74 Å². The number of carbonyl (C=O) groups excluding carboxylic acids is 2. The third kappa shape index (κ3) is 7.91. The van der Waals surface area contributed by atoms with E-state index in [1.165, 1.54) is 24.1 Å². The van der Waals surface area contributed by atoms with Gasteiger partial charge in [0.1, 0.15) is 24.0 Å². The maximum Gasteiger partial charge on any atom is 0.271 e. The molecule has 208 valence electrons. The van der Waals surface area contributed by atoms with Crippen molar-refractivity contribution in [1.29, 1.82) is 0 Å². The zero-order chi connectivity index (χ0) is 28.6. The minimum Gasteiger partial charge on any atom is -0.495 e. The summed E-state index contributed by atoms with van der Waals surface area (Å²) in [4.78, 5) is 39.1. The van der Waals surface area contributed by atoms with Crippen molar-refractivity contribution in [1.82, 2.24) is 10.2 Å². The van der Waals surface area contributed by atoms with Crippen molar-refractivity contribution in [3.63, 3.8) is 0 Å². The molecule has 0 aliphatic rings. The molecule has 2 aromatic rings. The van der Waals surface area contributed by atoms with Crippen LogP contribution in [0.4, 0.5) is 11.4 Å². The van der Waals surface area contributed by atoms with Gasteiger partial charge < -0.3 is 15.0 Å². The minimum absolute atomic E-state index is 0.0422. The summed E-state index contributed by atoms with van der Waals surface area (Å²) in [5.41, 5.74) is 1.22. The average molecular weight is 549 g/mol. The van der Waals surface area contributed by atoms with Crippen LogP contribution in [-0.2, 0) is 26.2 Å². The zero-order valence-electron chi connectivity index (χ0n) is 22.6. The van der Waals surface area contributed by atoms with Crippen molar-refractivity contribution in [2.24, 2.45) is 0 Å². The van der Waals surface area contributed by atoms with Gasteiger partial charge in [-0.2, -0.15) is 0 Å². The molecule has 0 heterocycles. The first-order chi connectivity index (χ1) is 17.8. The molecule has 2 atom stereocenters. The Hall–Kier alpha value is -3.67. The molecule has 0 aliphatic heterocycles. The van der Waals surface area contributed by atoms with Crippen LogP contribution in [0, 0.1) is 17.0 Å². The predicted molar refractivity (Wildman–Crippen MR) is 146 cm³/mol. The van der Waals surface area contributed by atoms with Gasteiger partial charge in [-0.05, 0) is 38.3 Å². The van der Waals surface area contributed by atoms with E-state index >= 15 is 0 Å². The number of non-ortho nitro benzene ring substituents is 1. The minimum atomic E-state index is -4.09. The number of nitro groups is 1. The molecule has 2 rings (SSSR count). The molecule has 11 nitrogen and oxygen atoms in total. The standard InChI is InChI=1S/C26H36N4O7S/c1-7-19(4)27-26(32)22(8-2)28(16-20-11-9-10-18(3)14-20)25(31)17-29(38(6,35)36)23-15-21(30(33)34)12-13-24(23)37-5/h9-15,19,22H,7-8,16-17H2,1-6H3,(H,27,32). The van der Waals surface area contributed by atoms with Gasteiger partial charge in [-0.1, -0.05) is 43.7 Å². The first kappa shape index (κ1) is 30.6. The Balaban J connectivity index is 2.56. The van der Waals surface area contributed by atoms with Crippen molar-refractivity contribution in [2.75, 3.05) is 24.2 Å². The van der Waals surface area contributed by atoms with Crippen LogP contribution in [-0.4, -0.2) is 62.0 Å². The zero-order valence-corrected chi connectivity index (χ0v) is 23.4. The highest BCUT2D eigenvalue weighted by Gasteiger charge is 2.33. The fourth-order valence-corrected chi connectivity index (χ4v) is 4.79. The molecule has 0 spiro atoms. The lowest BCUT2D eigenvalue weighted by atomic mass is 10.1. The SMILES string of the molecule is CCC(C)NC(=O)C(CC)N(Cc1cccc(C)c1)C(=O)CN(c1cc([N+](=O)[O-])ccc1OC)S(C)(=O)=O. The number of hydrogen-bond donors (Lipinski definition) is 1. The van der Waals surface area contributed by atoms with Gasteiger partial charge in [0.15, 0.2) is 0 Å². The van der Waals surface area contributed by atoms with Crippen LogP contribution in [0.1, 0.15) is 44.7 Å². The van der Waals surface area contributed by atoms with Gasteiger partial charge in [0.2, 0.25) is 21.8 Å². The van der Waals surface area contributed by atoms with Crippen molar-refractivity contribution in [3.8, 4) is 5.75 Å². The van der Waals surface area contributed by atoms with Crippen LogP contribution >= 0.6 is 0 Å². The molecular weight excluding hydrogens is 512 g/mol. The molecule has 0 saturated heterocycles. The van der Waals surface area contributed by atoms with Crippen LogP contribution in [0.2, 0.25) is 0 Å². The lowest BCUT2D eigenvalue weighted by Crippen LogP contribution is -2.53. The number of rotatable bonds is 13. The number of amides is 2. The molecule has 2 aromatic carbocycles. The summed E-state index contributed by atoms with van der Waals surface area (Å²) in [5, 5.41) is 14.3. The Labute approximate surface area is 224 Å². The number of carbonyl (C=O) groups is 2. The molecule has 0 aromatic heterocycles. The van der Waals surface area contributed by atoms with E-state index in [1.54, 1.807) is 6.92 Å². The highest BCUT2D eigenvalue weighted by atomic mass is 32.2. The van der Waals surface area contributed by atoms with E-state index in [0.29, 0.717) is 12.8 Å². The van der Waals surface area contributed by atoms with E-state index in [-0.39, 0.29) is 35.6 Å². The molecule has 0 saturated carbocycles. The van der Waals surface area contributed by atoms with Gasteiger partial charge in [-0.3, -0.25) is 24.0 Å². The number of methoxy groups -OCH3 is 1. The number of ether oxygens (including phenoxy) is 1. The van der Waals surface area contributed by atoms with Gasteiger partial charge in [-0.15, -0.1) is 0 Å². The van der Waals surface area contributed by atoms with Gasteiger partial charge in [0.05, 0.1) is 18.3 Å². The lowest BCUT2D eigenvalue weighted by molar-refractivity contribution is -0.384. The fraction of sp³-hybridized carbons (Fsp3) is 0.462. The highest BCUT2D eigenvalue weighted by molar-refractivity contribution is 7.92. The Morgan fingerprint density at radius 2 is 1.82 bits per heavy atom. The van der Waals surface area contributed by atoms with Gasteiger partial charge in [0, 0.05) is 24.7 Å². The second kappa shape index (κ2) is 13.2. The molecule has 0 aliphatic carbocycles. The van der Waals surface area contributed by atoms with E-state index in [0.717, 1.165) is 27.8 Å². The maximum absolute atomic E-state index is 13.8. The molecule has 0 radical (unpaired) electrons. The number of nitro benzene ring substituents is 1. The third-order valence-electron chi connectivity index (χ3n) is 6.14. The van der Waals surface area contributed by atoms with Crippen LogP contribution < -0.4 is 14.4 Å². The average Bonchev–Trinajstić information content (AvgIpc) is 2.85. The summed E-state index contributed by atoms with van der Waals surface area (Å²) < 4.78 is 31.7. The van der Waals surface area contributed by atoms with E-state index in [9.17, 15) is 28.1 Å². The molecule has 0 fully saturated rings. The second-order valence-electron chi connectivity index (χ2n) is 9.14. The topological polar surface area (TPSA) is 139 Å². The van der Waals surface area contributed by atoms with E-state index in [1.807, 2.05) is 45.0 Å². The molecule has 2 amide bonds. The van der Waals surface area contributed by atoms with Gasteiger partial charge in [-0.25, -0.2) is 8.42 Å². The lowest BCUT2D eigenvalue weighted by Gasteiger charge is -2.33. The van der Waals surface area contributed by atoms with Gasteiger partial charge >= 0.3 is 0 Å². The smallest absolute Gasteiger partial charge is 0.271 e. The number of hydrogen-bond acceptors (Lipinski definition) is 7. The van der Waals surface area contributed by atoms with Crippen LogP contribution in [0.15, 0.2) is 42.5 Å². The Kier molecular flexibility index (Phi) is 10.6. The first-order valence-electron chi connectivity index (χ1n) is 12.3. The van der Waals surface area contributed by atoms with Gasteiger partial charge in [0.25, 0.3) is 5.69 Å². The van der Waals surface area contributed by atoms with Crippen molar-refractivity contribution in [2.45, 2.75) is 59.2 Å². The van der Waals surface area contributed by atoms with E-state index < -0.39 is 33.4 Å². The third-order valence-corrected chi connectivity index (χ3v) is 7.27. The second-order valence-corrected chi connectivity index (χ2v) is 11.0. The fourth-order valence-electron chi connectivity index (χ4n) is 3.95. The summed E-state index contributed by atoms with van der Waals surface area (Å²) in [6.45, 7) is 6.85. The number of benzene rings is 2. The summed E-state index contributed by atoms with van der Waals surface area (Å²) in [6.07, 6.45) is 1.89. The van der Waals surface area contributed by atoms with Crippen LogP contribution in [0.3, 0.4) is 0 Å². The Morgan fingerprint density at radius 1 is 1.13 bits per heavy atom. The first-order valence-corrected chi connectivity index (χ1v) is 14.1. The summed E-state index contributed by atoms with van der Waals surface area (Å²) in [7, 11) is -2.80. The number of sulfonamides is 1. The summed E-state index contributed by atoms with van der Waals surface area (Å²) in [5.74, 6) is -0.945. The number of anilines is 1. The Morgan fingerprint density at radius 3 is 2.34 bits per heavy atom. The normalized spacial score (nSPS) is 12.8. The monoisotopic (exact) mass is 548 g/mol. The molecule has 12 heteroatoms. The molecule has 38 heavy (non-hydrogen) atoms. The van der Waals surface area contributed by atoms with Crippen molar-refractivity contribution >= 4 is 33.2 Å². The maximum atomic E-state index is 13.8. The van der Waals surface area contributed by atoms with E-state index in [2.05, 4.69) is 5.32 Å². The number of aryl methyl sites for hydroxylation is 1.